The Morgan fingerprint density at radius 3 is 2.65 bits per heavy atom. The van der Waals surface area contributed by atoms with Gasteiger partial charge in [0, 0.05) is 0 Å². The highest BCUT2D eigenvalue weighted by atomic mass is 79.9. The van der Waals surface area contributed by atoms with E-state index in [1.54, 1.807) is 6.07 Å². The van der Waals surface area contributed by atoms with Crippen molar-refractivity contribution in [2.24, 2.45) is 5.92 Å². The Bertz CT molecular complexity index is 395. The number of benzene rings is 1. The van der Waals surface area contributed by atoms with Gasteiger partial charge in [0.15, 0.2) is 6.29 Å². The number of ether oxygens (including phenoxy) is 1. The summed E-state index contributed by atoms with van der Waals surface area (Å²) in [5.74, 6) is 1.50. The average Bonchev–Trinajstić information content (AvgIpc) is 2.34. The van der Waals surface area contributed by atoms with Gasteiger partial charge in [-0.3, -0.25) is 4.79 Å². The van der Waals surface area contributed by atoms with Gasteiger partial charge >= 0.3 is 0 Å². The third kappa shape index (κ3) is 3.09. The van der Waals surface area contributed by atoms with Crippen LogP contribution in [0.15, 0.2) is 22.7 Å². The van der Waals surface area contributed by atoms with Crippen LogP contribution >= 0.6 is 15.9 Å². The lowest BCUT2D eigenvalue weighted by atomic mass is 9.89. The fraction of sp³-hybridized carbons (Fsp3) is 0.500. The minimum atomic E-state index is 0.253. The van der Waals surface area contributed by atoms with E-state index in [0.29, 0.717) is 11.3 Å². The zero-order valence-corrected chi connectivity index (χ0v) is 11.6. The van der Waals surface area contributed by atoms with Gasteiger partial charge in [0.25, 0.3) is 0 Å². The van der Waals surface area contributed by atoms with E-state index in [1.165, 1.54) is 12.8 Å². The van der Waals surface area contributed by atoms with Crippen LogP contribution in [-0.4, -0.2) is 12.4 Å². The number of carbonyl (C=O) groups is 1. The van der Waals surface area contributed by atoms with Gasteiger partial charge in [-0.2, -0.15) is 0 Å². The van der Waals surface area contributed by atoms with E-state index >= 15 is 0 Å². The molecule has 2 rings (SSSR count). The largest absolute Gasteiger partial charge is 0.488 e. The van der Waals surface area contributed by atoms with Crippen molar-refractivity contribution in [1.82, 2.24) is 0 Å². The molecule has 1 aliphatic carbocycles. The molecule has 1 aromatic rings. The van der Waals surface area contributed by atoms with Gasteiger partial charge in [-0.15, -0.1) is 0 Å². The molecule has 1 saturated carbocycles. The van der Waals surface area contributed by atoms with Crippen LogP contribution in [0.1, 0.15) is 43.0 Å². The fourth-order valence-electron chi connectivity index (χ4n) is 2.26. The molecule has 2 nitrogen and oxygen atoms in total. The highest BCUT2D eigenvalue weighted by Crippen LogP contribution is 2.33. The number of carbonyl (C=O) groups excluding carboxylic acids is 1. The van der Waals surface area contributed by atoms with Crippen molar-refractivity contribution in [1.29, 1.82) is 0 Å². The summed E-state index contributed by atoms with van der Waals surface area (Å²) in [7, 11) is 0. The number of halogens is 1. The Balaban J connectivity index is 2.10. The zero-order valence-electron chi connectivity index (χ0n) is 9.99. The molecule has 0 atom stereocenters. The maximum atomic E-state index is 11.0. The van der Waals surface area contributed by atoms with Crippen LogP contribution in [0, 0.1) is 5.92 Å². The van der Waals surface area contributed by atoms with E-state index in [1.807, 2.05) is 12.1 Å². The van der Waals surface area contributed by atoms with E-state index in [2.05, 4.69) is 22.9 Å². The first-order valence-corrected chi connectivity index (χ1v) is 6.90. The lowest BCUT2D eigenvalue weighted by molar-refractivity contribution is 0.110. The monoisotopic (exact) mass is 296 g/mol. The minimum Gasteiger partial charge on any atom is -0.488 e. The summed E-state index contributed by atoms with van der Waals surface area (Å²) in [4.78, 5) is 11.0. The van der Waals surface area contributed by atoms with Crippen molar-refractivity contribution < 1.29 is 9.53 Å². The summed E-state index contributed by atoms with van der Waals surface area (Å²) in [5.41, 5.74) is 0.623. The van der Waals surface area contributed by atoms with E-state index in [4.69, 9.17) is 4.74 Å². The molecule has 0 unspecified atom stereocenters. The molecule has 0 amide bonds. The van der Waals surface area contributed by atoms with E-state index in [0.717, 1.165) is 29.5 Å². The minimum absolute atomic E-state index is 0.253. The predicted molar refractivity (Wildman–Crippen MR) is 71.6 cm³/mol. The lowest BCUT2D eigenvalue weighted by Gasteiger charge is -2.27. The SMILES string of the molecule is CC1CCC(Oc2c(Br)cccc2C=O)CC1. The van der Waals surface area contributed by atoms with Crippen molar-refractivity contribution in [2.45, 2.75) is 38.7 Å². The lowest BCUT2D eigenvalue weighted by Crippen LogP contribution is -2.23. The van der Waals surface area contributed by atoms with Crippen molar-refractivity contribution >= 4 is 22.2 Å². The van der Waals surface area contributed by atoms with Crippen LogP contribution < -0.4 is 4.74 Å². The first-order valence-electron chi connectivity index (χ1n) is 6.11. The number of hydrogen-bond donors (Lipinski definition) is 0. The van der Waals surface area contributed by atoms with Gasteiger partial charge in [0.2, 0.25) is 0 Å². The Labute approximate surface area is 110 Å². The highest BCUT2D eigenvalue weighted by Gasteiger charge is 2.21. The standard InChI is InChI=1S/C14H17BrO2/c1-10-5-7-12(8-6-10)17-14-11(9-16)3-2-4-13(14)15/h2-4,9-10,12H,5-8H2,1H3. The Hall–Kier alpha value is -0.830. The molecule has 0 N–H and O–H groups in total. The molecule has 1 aliphatic rings. The first-order chi connectivity index (χ1) is 8.20. The van der Waals surface area contributed by atoms with Crippen LogP contribution in [0.2, 0.25) is 0 Å². The Morgan fingerprint density at radius 2 is 2.00 bits per heavy atom. The maximum absolute atomic E-state index is 11.0. The first kappa shape index (κ1) is 12.6. The molecular weight excluding hydrogens is 280 g/mol. The normalized spacial score (nSPS) is 24.4. The smallest absolute Gasteiger partial charge is 0.153 e. The van der Waals surface area contributed by atoms with Crippen LogP contribution in [0.25, 0.3) is 0 Å². The number of rotatable bonds is 3. The summed E-state index contributed by atoms with van der Waals surface area (Å²) >= 11 is 3.44. The molecule has 1 aromatic carbocycles. The molecule has 0 bridgehead atoms. The molecule has 0 heterocycles. The van der Waals surface area contributed by atoms with Crippen molar-refractivity contribution in [2.75, 3.05) is 0 Å². The van der Waals surface area contributed by atoms with Crippen LogP contribution in [0.3, 0.4) is 0 Å². The molecular formula is C14H17BrO2. The molecule has 92 valence electrons. The third-order valence-electron chi connectivity index (χ3n) is 3.37. The van der Waals surface area contributed by atoms with Crippen molar-refractivity contribution in [3.8, 4) is 5.75 Å². The third-order valence-corrected chi connectivity index (χ3v) is 4.00. The molecule has 0 saturated heterocycles. The van der Waals surface area contributed by atoms with Gasteiger partial charge in [0.1, 0.15) is 5.75 Å². The topological polar surface area (TPSA) is 26.3 Å². The predicted octanol–water partition coefficient (Wildman–Crippen LogP) is 4.22. The molecule has 0 aromatic heterocycles. The second-order valence-electron chi connectivity index (χ2n) is 4.78. The number of para-hydroxylation sites is 1. The maximum Gasteiger partial charge on any atom is 0.153 e. The van der Waals surface area contributed by atoms with Gasteiger partial charge < -0.3 is 4.74 Å². The molecule has 1 fully saturated rings. The van der Waals surface area contributed by atoms with Gasteiger partial charge in [-0.25, -0.2) is 0 Å². The number of aldehydes is 1. The Kier molecular flexibility index (Phi) is 4.21. The summed E-state index contributed by atoms with van der Waals surface area (Å²) < 4.78 is 6.84. The van der Waals surface area contributed by atoms with Gasteiger partial charge in [0.05, 0.1) is 16.1 Å². The van der Waals surface area contributed by atoms with Crippen LogP contribution in [0.5, 0.6) is 5.75 Å². The second-order valence-corrected chi connectivity index (χ2v) is 5.63. The molecule has 0 spiro atoms. The van der Waals surface area contributed by atoms with E-state index in [-0.39, 0.29) is 6.10 Å². The average molecular weight is 297 g/mol. The summed E-state index contributed by atoms with van der Waals surface area (Å²) in [6.45, 7) is 2.28. The second kappa shape index (κ2) is 5.67. The zero-order chi connectivity index (χ0) is 12.3. The van der Waals surface area contributed by atoms with E-state index in [9.17, 15) is 4.79 Å². The summed E-state index contributed by atoms with van der Waals surface area (Å²) in [5, 5.41) is 0. The molecule has 0 radical (unpaired) electrons. The Morgan fingerprint density at radius 1 is 1.29 bits per heavy atom. The van der Waals surface area contributed by atoms with E-state index < -0.39 is 0 Å². The van der Waals surface area contributed by atoms with Crippen molar-refractivity contribution in [3.63, 3.8) is 0 Å². The highest BCUT2D eigenvalue weighted by molar-refractivity contribution is 9.10. The van der Waals surface area contributed by atoms with Gasteiger partial charge in [-0.05, 0) is 59.7 Å². The fourth-order valence-corrected chi connectivity index (χ4v) is 2.73. The van der Waals surface area contributed by atoms with Crippen molar-refractivity contribution in [3.05, 3.63) is 28.2 Å². The molecule has 17 heavy (non-hydrogen) atoms. The van der Waals surface area contributed by atoms with Crippen LogP contribution in [-0.2, 0) is 0 Å². The van der Waals surface area contributed by atoms with Gasteiger partial charge in [-0.1, -0.05) is 13.0 Å². The molecule has 3 heteroatoms. The molecule has 0 aliphatic heterocycles. The number of hydrogen-bond acceptors (Lipinski definition) is 2. The quantitative estimate of drug-likeness (QED) is 0.781. The summed E-state index contributed by atoms with van der Waals surface area (Å²) in [6, 6.07) is 5.55. The summed E-state index contributed by atoms with van der Waals surface area (Å²) in [6.07, 6.45) is 5.70. The van der Waals surface area contributed by atoms with Crippen LogP contribution in [0.4, 0.5) is 0 Å².